The highest BCUT2D eigenvalue weighted by atomic mass is 16.5. The van der Waals surface area contributed by atoms with Crippen molar-refractivity contribution in [2.24, 2.45) is 0 Å². The van der Waals surface area contributed by atoms with Gasteiger partial charge in [0.1, 0.15) is 12.5 Å². The molecule has 0 radical (unpaired) electrons. The summed E-state index contributed by atoms with van der Waals surface area (Å²) in [6, 6.07) is 7.68. The quantitative estimate of drug-likeness (QED) is 0.822. The maximum Gasteiger partial charge on any atom is 0.262 e. The van der Waals surface area contributed by atoms with E-state index in [1.54, 1.807) is 4.90 Å². The van der Waals surface area contributed by atoms with Gasteiger partial charge in [0.05, 0.1) is 12.1 Å². The van der Waals surface area contributed by atoms with Gasteiger partial charge in [-0.3, -0.25) is 4.79 Å². The zero-order valence-corrected chi connectivity index (χ0v) is 11.1. The summed E-state index contributed by atoms with van der Waals surface area (Å²) in [4.78, 5) is 13.8. The fourth-order valence-electron chi connectivity index (χ4n) is 1.98. The average Bonchev–Trinajstić information content (AvgIpc) is 2.66. The maximum absolute atomic E-state index is 12.0. The minimum absolute atomic E-state index is 0.0426. The Morgan fingerprint density at radius 3 is 2.89 bits per heavy atom. The number of hydrogen-bond acceptors (Lipinski definition) is 3. The lowest BCUT2D eigenvalue weighted by Crippen LogP contribution is -2.46. The monoisotopic (exact) mass is 249 g/mol. The van der Waals surface area contributed by atoms with E-state index in [1.807, 2.05) is 45.0 Å². The molecule has 0 aromatic heterocycles. The van der Waals surface area contributed by atoms with Gasteiger partial charge in [0, 0.05) is 0 Å². The van der Waals surface area contributed by atoms with Gasteiger partial charge in [0.25, 0.3) is 5.91 Å². The maximum atomic E-state index is 12.0. The van der Waals surface area contributed by atoms with E-state index in [4.69, 9.17) is 9.47 Å². The lowest BCUT2D eigenvalue weighted by molar-refractivity contribution is -0.137. The predicted octanol–water partition coefficient (Wildman–Crippen LogP) is 1.97. The second-order valence-corrected chi connectivity index (χ2v) is 5.22. The first kappa shape index (κ1) is 12.9. The van der Waals surface area contributed by atoms with Crippen LogP contribution in [0.25, 0.3) is 0 Å². The molecule has 1 aromatic rings. The lowest BCUT2D eigenvalue weighted by atomic mass is 10.1. The van der Waals surface area contributed by atoms with Crippen molar-refractivity contribution < 1.29 is 14.3 Å². The van der Waals surface area contributed by atoms with E-state index in [-0.39, 0.29) is 18.1 Å². The molecule has 0 N–H and O–H groups in total. The van der Waals surface area contributed by atoms with Crippen LogP contribution in [0.2, 0.25) is 0 Å². The second-order valence-electron chi connectivity index (χ2n) is 5.22. The largest absolute Gasteiger partial charge is 0.484 e. The van der Waals surface area contributed by atoms with Gasteiger partial charge in [-0.2, -0.15) is 0 Å². The van der Waals surface area contributed by atoms with Crippen molar-refractivity contribution in [2.75, 3.05) is 19.9 Å². The molecule has 0 spiro atoms. The van der Waals surface area contributed by atoms with E-state index in [1.165, 1.54) is 0 Å². The highest BCUT2D eigenvalue weighted by molar-refractivity contribution is 5.78. The van der Waals surface area contributed by atoms with Gasteiger partial charge in [-0.05, 0) is 38.5 Å². The van der Waals surface area contributed by atoms with Crippen LogP contribution in [-0.4, -0.2) is 36.3 Å². The zero-order chi connectivity index (χ0) is 13.2. The van der Waals surface area contributed by atoms with Crippen LogP contribution in [0.15, 0.2) is 24.3 Å². The molecule has 98 valence electrons. The molecular formula is C14H19NO3. The fraction of sp³-hybridized carbons (Fsp3) is 0.500. The number of aryl methyl sites for hydroxylation is 1. The van der Waals surface area contributed by atoms with Crippen LogP contribution in [0.1, 0.15) is 19.4 Å². The Kier molecular flexibility index (Phi) is 3.57. The van der Waals surface area contributed by atoms with Gasteiger partial charge >= 0.3 is 0 Å². The second kappa shape index (κ2) is 4.98. The standard InChI is InChI=1S/C14H19NO3/c1-11-5-4-6-12(7-11)18-8-13(16)15-10-17-9-14(15,2)3/h4-7H,8-10H2,1-3H3. The number of amides is 1. The van der Waals surface area contributed by atoms with Crippen LogP contribution in [0, 0.1) is 6.92 Å². The zero-order valence-electron chi connectivity index (χ0n) is 11.1. The molecule has 1 aromatic carbocycles. The smallest absolute Gasteiger partial charge is 0.262 e. The van der Waals surface area contributed by atoms with Crippen molar-refractivity contribution >= 4 is 5.91 Å². The van der Waals surface area contributed by atoms with Crippen molar-refractivity contribution in [2.45, 2.75) is 26.3 Å². The van der Waals surface area contributed by atoms with Crippen LogP contribution in [0.5, 0.6) is 5.75 Å². The molecule has 0 aliphatic carbocycles. The molecule has 0 atom stereocenters. The molecule has 4 heteroatoms. The van der Waals surface area contributed by atoms with Crippen molar-refractivity contribution in [3.8, 4) is 5.75 Å². The van der Waals surface area contributed by atoms with Gasteiger partial charge < -0.3 is 14.4 Å². The number of benzene rings is 1. The molecule has 1 aliphatic heterocycles. The predicted molar refractivity (Wildman–Crippen MR) is 68.4 cm³/mol. The molecule has 4 nitrogen and oxygen atoms in total. The molecule has 18 heavy (non-hydrogen) atoms. The number of carbonyl (C=O) groups is 1. The first-order chi connectivity index (χ1) is 8.49. The number of carbonyl (C=O) groups excluding carboxylic acids is 1. The minimum Gasteiger partial charge on any atom is -0.484 e. The summed E-state index contributed by atoms with van der Waals surface area (Å²) < 4.78 is 10.8. The van der Waals surface area contributed by atoms with E-state index >= 15 is 0 Å². The van der Waals surface area contributed by atoms with Crippen LogP contribution in [0.3, 0.4) is 0 Å². The van der Waals surface area contributed by atoms with Gasteiger partial charge in [-0.15, -0.1) is 0 Å². The van der Waals surface area contributed by atoms with Crippen molar-refractivity contribution in [1.29, 1.82) is 0 Å². The third-order valence-electron chi connectivity index (χ3n) is 3.06. The van der Waals surface area contributed by atoms with E-state index in [0.29, 0.717) is 13.3 Å². The number of hydrogen-bond donors (Lipinski definition) is 0. The van der Waals surface area contributed by atoms with Crippen molar-refractivity contribution in [1.82, 2.24) is 4.90 Å². The first-order valence-corrected chi connectivity index (χ1v) is 6.07. The first-order valence-electron chi connectivity index (χ1n) is 6.07. The molecule has 0 unspecified atom stereocenters. The number of nitrogens with zero attached hydrogens (tertiary/aromatic N) is 1. The molecule has 0 bridgehead atoms. The summed E-state index contributed by atoms with van der Waals surface area (Å²) in [6.07, 6.45) is 0. The minimum atomic E-state index is -0.243. The lowest BCUT2D eigenvalue weighted by Gasteiger charge is -2.28. The highest BCUT2D eigenvalue weighted by Gasteiger charge is 2.36. The molecule has 0 saturated carbocycles. The average molecular weight is 249 g/mol. The molecular weight excluding hydrogens is 230 g/mol. The van der Waals surface area contributed by atoms with Gasteiger partial charge in [-0.25, -0.2) is 0 Å². The van der Waals surface area contributed by atoms with E-state index in [9.17, 15) is 4.79 Å². The topological polar surface area (TPSA) is 38.8 Å². The van der Waals surface area contributed by atoms with Crippen LogP contribution in [-0.2, 0) is 9.53 Å². The number of ether oxygens (including phenoxy) is 2. The van der Waals surface area contributed by atoms with Crippen molar-refractivity contribution in [3.63, 3.8) is 0 Å². The van der Waals surface area contributed by atoms with E-state index < -0.39 is 0 Å². The summed E-state index contributed by atoms with van der Waals surface area (Å²) in [5, 5.41) is 0. The SMILES string of the molecule is Cc1cccc(OCC(=O)N2COCC2(C)C)c1. The van der Waals surface area contributed by atoms with Crippen LogP contribution >= 0.6 is 0 Å². The Hall–Kier alpha value is -1.55. The van der Waals surface area contributed by atoms with E-state index in [0.717, 1.165) is 11.3 Å². The summed E-state index contributed by atoms with van der Waals surface area (Å²) in [6.45, 7) is 6.95. The summed E-state index contributed by atoms with van der Waals surface area (Å²) >= 11 is 0. The summed E-state index contributed by atoms with van der Waals surface area (Å²) in [5.41, 5.74) is 0.873. The van der Waals surface area contributed by atoms with Gasteiger partial charge in [0.15, 0.2) is 6.61 Å². The van der Waals surface area contributed by atoms with Crippen molar-refractivity contribution in [3.05, 3.63) is 29.8 Å². The Morgan fingerprint density at radius 2 is 2.28 bits per heavy atom. The summed E-state index contributed by atoms with van der Waals surface area (Å²) in [7, 11) is 0. The Morgan fingerprint density at radius 1 is 1.50 bits per heavy atom. The number of rotatable bonds is 3. The molecule has 1 amide bonds. The molecule has 1 heterocycles. The van der Waals surface area contributed by atoms with Crippen LogP contribution < -0.4 is 4.74 Å². The third-order valence-corrected chi connectivity index (χ3v) is 3.06. The van der Waals surface area contributed by atoms with Gasteiger partial charge in [-0.1, -0.05) is 12.1 Å². The van der Waals surface area contributed by atoms with Crippen LogP contribution in [0.4, 0.5) is 0 Å². The molecule has 1 aliphatic rings. The normalized spacial score (nSPS) is 17.8. The Labute approximate surface area is 107 Å². The fourth-order valence-corrected chi connectivity index (χ4v) is 1.98. The molecule has 2 rings (SSSR count). The van der Waals surface area contributed by atoms with Gasteiger partial charge in [0.2, 0.25) is 0 Å². The third kappa shape index (κ3) is 2.82. The van der Waals surface area contributed by atoms with E-state index in [2.05, 4.69) is 0 Å². The highest BCUT2D eigenvalue weighted by Crippen LogP contribution is 2.21. The Bertz CT molecular complexity index is 442. The molecule has 1 saturated heterocycles. The Balaban J connectivity index is 1.93. The summed E-state index contributed by atoms with van der Waals surface area (Å²) in [5.74, 6) is 0.681. The molecule has 1 fully saturated rings.